The first-order chi connectivity index (χ1) is 12.5. The van der Waals surface area contributed by atoms with Crippen molar-refractivity contribution in [2.24, 2.45) is 0 Å². The Kier molecular flexibility index (Phi) is 4.40. The maximum Gasteiger partial charge on any atom is 0.177 e. The molecule has 7 nitrogen and oxygen atoms in total. The number of likely N-dealkylation sites (tertiary alicyclic amines) is 1. The van der Waals surface area contributed by atoms with Crippen LogP contribution in [0.4, 0.5) is 0 Å². The van der Waals surface area contributed by atoms with E-state index in [9.17, 15) is 0 Å². The van der Waals surface area contributed by atoms with Crippen LogP contribution < -0.4 is 0 Å². The average molecular weight is 351 g/mol. The van der Waals surface area contributed by atoms with Gasteiger partial charge < -0.3 is 0 Å². The lowest BCUT2D eigenvalue weighted by Crippen LogP contribution is -2.33. The van der Waals surface area contributed by atoms with Gasteiger partial charge in [-0.15, -0.1) is 10.2 Å². The van der Waals surface area contributed by atoms with E-state index in [0.717, 1.165) is 55.2 Å². The minimum Gasteiger partial charge on any atom is -0.299 e. The number of hydrogen-bond donors (Lipinski definition) is 0. The minimum absolute atomic E-state index is 0.0108. The molecule has 1 saturated heterocycles. The molecule has 1 aliphatic rings. The van der Waals surface area contributed by atoms with Crippen molar-refractivity contribution in [1.82, 2.24) is 34.7 Å². The Morgan fingerprint density at radius 3 is 2.46 bits per heavy atom. The van der Waals surface area contributed by atoms with Gasteiger partial charge in [-0.3, -0.25) is 4.90 Å². The van der Waals surface area contributed by atoms with Crippen molar-refractivity contribution in [3.63, 3.8) is 0 Å². The molecule has 0 amide bonds. The summed E-state index contributed by atoms with van der Waals surface area (Å²) in [5.74, 6) is 1.39. The summed E-state index contributed by atoms with van der Waals surface area (Å²) in [6, 6.07) is 4.08. The van der Waals surface area contributed by atoms with Gasteiger partial charge in [0, 0.05) is 35.8 Å². The van der Waals surface area contributed by atoms with Gasteiger partial charge in [-0.2, -0.15) is 9.61 Å². The molecule has 0 saturated carbocycles. The summed E-state index contributed by atoms with van der Waals surface area (Å²) >= 11 is 0. The second kappa shape index (κ2) is 6.72. The van der Waals surface area contributed by atoms with Crippen LogP contribution in [-0.2, 0) is 12.0 Å². The van der Waals surface area contributed by atoms with Crippen LogP contribution in [0.15, 0.2) is 30.9 Å². The summed E-state index contributed by atoms with van der Waals surface area (Å²) in [6.07, 6.45) is 7.49. The topological polar surface area (TPSA) is 72.1 Å². The van der Waals surface area contributed by atoms with Gasteiger partial charge in [-0.1, -0.05) is 20.8 Å². The van der Waals surface area contributed by atoms with Gasteiger partial charge in [0.2, 0.25) is 0 Å². The molecular formula is C19H25N7. The first-order valence-electron chi connectivity index (χ1n) is 9.20. The third-order valence-corrected chi connectivity index (χ3v) is 5.03. The number of hydrogen-bond acceptors (Lipinski definition) is 6. The van der Waals surface area contributed by atoms with E-state index in [1.807, 2.05) is 23.0 Å². The average Bonchev–Trinajstić information content (AvgIpc) is 3.06. The molecule has 3 aromatic rings. The summed E-state index contributed by atoms with van der Waals surface area (Å²) in [5.41, 5.74) is 3.07. The van der Waals surface area contributed by atoms with E-state index < -0.39 is 0 Å². The predicted octanol–water partition coefficient (Wildman–Crippen LogP) is 2.59. The van der Waals surface area contributed by atoms with Crippen LogP contribution in [0.5, 0.6) is 0 Å². The number of piperidine rings is 1. The Morgan fingerprint density at radius 1 is 1.04 bits per heavy atom. The summed E-state index contributed by atoms with van der Waals surface area (Å²) in [4.78, 5) is 10.7. The van der Waals surface area contributed by atoms with Crippen molar-refractivity contribution in [2.45, 2.75) is 51.5 Å². The Morgan fingerprint density at radius 2 is 1.77 bits per heavy atom. The highest BCUT2D eigenvalue weighted by Crippen LogP contribution is 2.28. The second-order valence-electron chi connectivity index (χ2n) is 8.09. The molecule has 3 aromatic heterocycles. The Hall–Kier alpha value is -2.41. The highest BCUT2D eigenvalue weighted by molar-refractivity contribution is 5.37. The fourth-order valence-corrected chi connectivity index (χ4v) is 3.48. The van der Waals surface area contributed by atoms with Crippen LogP contribution in [0.2, 0.25) is 0 Å². The van der Waals surface area contributed by atoms with Crippen LogP contribution in [-0.4, -0.2) is 47.8 Å². The van der Waals surface area contributed by atoms with Crippen LogP contribution in [0.3, 0.4) is 0 Å². The molecule has 0 aliphatic carbocycles. The highest BCUT2D eigenvalue weighted by atomic mass is 15.4. The van der Waals surface area contributed by atoms with Crippen molar-refractivity contribution >= 4 is 5.65 Å². The molecule has 1 fully saturated rings. The van der Waals surface area contributed by atoms with E-state index in [-0.39, 0.29) is 5.41 Å². The smallest absolute Gasteiger partial charge is 0.177 e. The quantitative estimate of drug-likeness (QED) is 0.722. The Balaban J connectivity index is 1.49. The third kappa shape index (κ3) is 3.44. The van der Waals surface area contributed by atoms with Crippen LogP contribution in [0.25, 0.3) is 5.65 Å². The lowest BCUT2D eigenvalue weighted by atomic mass is 9.92. The molecule has 4 heterocycles. The highest BCUT2D eigenvalue weighted by Gasteiger charge is 2.26. The van der Waals surface area contributed by atoms with Gasteiger partial charge in [-0.05, 0) is 38.1 Å². The third-order valence-electron chi connectivity index (χ3n) is 5.03. The zero-order chi connectivity index (χ0) is 18.1. The normalized spacial score (nSPS) is 17.0. The molecule has 0 bridgehead atoms. The molecule has 26 heavy (non-hydrogen) atoms. The van der Waals surface area contributed by atoms with Gasteiger partial charge in [0.15, 0.2) is 11.5 Å². The molecule has 1 aliphatic heterocycles. The fourth-order valence-electron chi connectivity index (χ4n) is 3.48. The number of nitrogens with zero attached hydrogens (tertiary/aromatic N) is 7. The fraction of sp³-hybridized carbons (Fsp3) is 0.526. The number of rotatable bonds is 3. The Bertz CT molecular complexity index is 874. The second-order valence-corrected chi connectivity index (χ2v) is 8.09. The summed E-state index contributed by atoms with van der Waals surface area (Å²) < 4.78 is 1.95. The standard InChI is InChI=1S/C19H25N7/c1-19(2,3)16-4-5-17-22-23-18(26(17)24-16)15-6-8-25(9-7-15)12-14-10-20-13-21-11-14/h4-5,10-11,13,15H,6-9,12H2,1-3H3. The van der Waals surface area contributed by atoms with Crippen LogP contribution >= 0.6 is 0 Å². The van der Waals surface area contributed by atoms with Gasteiger partial charge in [0.25, 0.3) is 0 Å². The largest absolute Gasteiger partial charge is 0.299 e. The molecule has 0 spiro atoms. The molecule has 0 atom stereocenters. The van der Waals surface area contributed by atoms with Crippen molar-refractivity contribution < 1.29 is 0 Å². The number of aromatic nitrogens is 6. The van der Waals surface area contributed by atoms with E-state index in [0.29, 0.717) is 5.92 Å². The Labute approximate surface area is 153 Å². The molecule has 4 rings (SSSR count). The van der Waals surface area contributed by atoms with Crippen molar-refractivity contribution in [3.05, 3.63) is 47.9 Å². The minimum atomic E-state index is 0.0108. The van der Waals surface area contributed by atoms with Gasteiger partial charge in [0.05, 0.1) is 5.69 Å². The van der Waals surface area contributed by atoms with E-state index in [1.54, 1.807) is 6.33 Å². The SMILES string of the molecule is CC(C)(C)c1ccc2nnc(C3CCN(Cc4cncnc4)CC3)n2n1. The molecular weight excluding hydrogens is 326 g/mol. The van der Waals surface area contributed by atoms with Gasteiger partial charge in [0.1, 0.15) is 6.33 Å². The van der Waals surface area contributed by atoms with E-state index >= 15 is 0 Å². The molecule has 0 N–H and O–H groups in total. The maximum absolute atomic E-state index is 4.83. The van der Waals surface area contributed by atoms with E-state index in [1.165, 1.54) is 0 Å². The first-order valence-corrected chi connectivity index (χ1v) is 9.20. The monoisotopic (exact) mass is 351 g/mol. The zero-order valence-electron chi connectivity index (χ0n) is 15.6. The van der Waals surface area contributed by atoms with Gasteiger partial charge in [-0.25, -0.2) is 9.97 Å². The van der Waals surface area contributed by atoms with E-state index in [2.05, 4.69) is 51.9 Å². The molecule has 0 aromatic carbocycles. The van der Waals surface area contributed by atoms with Crippen molar-refractivity contribution in [2.75, 3.05) is 13.1 Å². The molecule has 7 heteroatoms. The molecule has 0 radical (unpaired) electrons. The van der Waals surface area contributed by atoms with Crippen LogP contribution in [0.1, 0.15) is 56.6 Å². The van der Waals surface area contributed by atoms with E-state index in [4.69, 9.17) is 5.10 Å². The van der Waals surface area contributed by atoms with Crippen molar-refractivity contribution in [1.29, 1.82) is 0 Å². The lowest BCUT2D eigenvalue weighted by molar-refractivity contribution is 0.200. The summed E-state index contributed by atoms with van der Waals surface area (Å²) in [5, 5.41) is 13.6. The molecule has 0 unspecified atom stereocenters. The van der Waals surface area contributed by atoms with Gasteiger partial charge >= 0.3 is 0 Å². The summed E-state index contributed by atoms with van der Waals surface area (Å²) in [7, 11) is 0. The zero-order valence-corrected chi connectivity index (χ0v) is 15.6. The predicted molar refractivity (Wildman–Crippen MR) is 98.8 cm³/mol. The number of fused-ring (bicyclic) bond motifs is 1. The molecule has 136 valence electrons. The maximum atomic E-state index is 4.83. The van der Waals surface area contributed by atoms with Crippen molar-refractivity contribution in [3.8, 4) is 0 Å². The lowest BCUT2D eigenvalue weighted by Gasteiger charge is -2.30. The first kappa shape index (κ1) is 17.0. The van der Waals surface area contributed by atoms with Crippen LogP contribution in [0, 0.1) is 0 Å². The summed E-state index contributed by atoms with van der Waals surface area (Å²) in [6.45, 7) is 9.51.